The van der Waals surface area contributed by atoms with Gasteiger partial charge in [0.15, 0.2) is 0 Å². The summed E-state index contributed by atoms with van der Waals surface area (Å²) in [5, 5.41) is 5.24. The van der Waals surface area contributed by atoms with Crippen molar-refractivity contribution >= 4 is 11.3 Å². The maximum atomic E-state index is 12.4. The molecule has 1 nitrogen and oxygen atoms in total. The van der Waals surface area contributed by atoms with Crippen molar-refractivity contribution in [2.75, 3.05) is 13.2 Å². The van der Waals surface area contributed by atoms with E-state index >= 15 is 0 Å². The normalized spacial score (nSPS) is 23.2. The quantitative estimate of drug-likeness (QED) is 0.680. The lowest BCUT2D eigenvalue weighted by molar-refractivity contribution is 0.404. The number of hydrogen-bond acceptors (Lipinski definition) is 2. The van der Waals surface area contributed by atoms with Crippen molar-refractivity contribution in [1.82, 2.24) is 5.32 Å². The number of alkyl halides is 1. The van der Waals surface area contributed by atoms with Crippen LogP contribution in [0, 0.1) is 0 Å². The zero-order chi connectivity index (χ0) is 7.68. The van der Waals surface area contributed by atoms with Crippen LogP contribution in [-0.4, -0.2) is 13.2 Å². The van der Waals surface area contributed by atoms with Gasteiger partial charge < -0.3 is 5.32 Å². The van der Waals surface area contributed by atoms with E-state index in [1.54, 1.807) is 11.3 Å². The van der Waals surface area contributed by atoms with Crippen LogP contribution in [0.25, 0.3) is 0 Å². The Morgan fingerprint density at radius 3 is 3.45 bits per heavy atom. The van der Waals surface area contributed by atoms with Gasteiger partial charge in [-0.05, 0) is 17.0 Å². The second kappa shape index (κ2) is 2.91. The highest BCUT2D eigenvalue weighted by Crippen LogP contribution is 2.29. The Kier molecular flexibility index (Phi) is 1.92. The second-order valence-corrected chi connectivity index (χ2v) is 3.74. The molecular formula is C8H10FNS. The van der Waals surface area contributed by atoms with Crippen molar-refractivity contribution in [3.05, 3.63) is 21.9 Å². The highest BCUT2D eigenvalue weighted by Gasteiger charge is 2.20. The summed E-state index contributed by atoms with van der Waals surface area (Å²) in [4.78, 5) is 1.24. The average Bonchev–Trinajstić information content (AvgIpc) is 2.50. The molecule has 1 N–H and O–H groups in total. The number of rotatable bonds is 1. The van der Waals surface area contributed by atoms with Crippen LogP contribution >= 0.6 is 11.3 Å². The van der Waals surface area contributed by atoms with Gasteiger partial charge in [-0.25, -0.2) is 0 Å². The van der Waals surface area contributed by atoms with Crippen LogP contribution in [0.4, 0.5) is 4.39 Å². The van der Waals surface area contributed by atoms with Crippen LogP contribution in [0.3, 0.4) is 0 Å². The van der Waals surface area contributed by atoms with E-state index in [9.17, 15) is 4.39 Å². The molecule has 0 aromatic carbocycles. The van der Waals surface area contributed by atoms with Gasteiger partial charge in [0.05, 0.1) is 6.67 Å². The maximum absolute atomic E-state index is 12.4. The fourth-order valence-corrected chi connectivity index (χ4v) is 2.46. The molecule has 3 heteroatoms. The predicted octanol–water partition coefficient (Wildman–Crippen LogP) is 1.90. The van der Waals surface area contributed by atoms with E-state index in [0.29, 0.717) is 0 Å². The monoisotopic (exact) mass is 171 g/mol. The number of thiophene rings is 1. The van der Waals surface area contributed by atoms with Crippen LogP contribution in [0.5, 0.6) is 0 Å². The standard InChI is InChI=1S/C8H10FNS/c9-3-7-5-10-4-6-1-2-11-8(6)7/h1-2,7,10H,3-5H2. The second-order valence-electron chi connectivity index (χ2n) is 2.79. The molecule has 0 aliphatic carbocycles. The molecular weight excluding hydrogens is 161 g/mol. The lowest BCUT2D eigenvalue weighted by Gasteiger charge is -2.20. The molecule has 0 radical (unpaired) electrons. The van der Waals surface area contributed by atoms with Crippen molar-refractivity contribution in [3.63, 3.8) is 0 Å². The molecule has 1 atom stereocenters. The van der Waals surface area contributed by atoms with Crippen LogP contribution < -0.4 is 5.32 Å². The Morgan fingerprint density at radius 2 is 2.64 bits per heavy atom. The van der Waals surface area contributed by atoms with Crippen LogP contribution in [0.15, 0.2) is 11.4 Å². The summed E-state index contributed by atoms with van der Waals surface area (Å²) in [7, 11) is 0. The molecule has 1 aromatic heterocycles. The van der Waals surface area contributed by atoms with E-state index in [4.69, 9.17) is 0 Å². The van der Waals surface area contributed by atoms with Crippen molar-refractivity contribution in [1.29, 1.82) is 0 Å². The molecule has 60 valence electrons. The summed E-state index contributed by atoms with van der Waals surface area (Å²) < 4.78 is 12.4. The number of fused-ring (bicyclic) bond motifs is 1. The molecule has 1 aliphatic rings. The molecule has 1 unspecified atom stereocenters. The van der Waals surface area contributed by atoms with Gasteiger partial charge in [-0.1, -0.05) is 0 Å². The van der Waals surface area contributed by atoms with E-state index in [1.165, 1.54) is 10.4 Å². The first kappa shape index (κ1) is 7.25. The largest absolute Gasteiger partial charge is 0.312 e. The molecule has 2 heterocycles. The van der Waals surface area contributed by atoms with Gasteiger partial charge in [-0.15, -0.1) is 11.3 Å². The number of halogens is 1. The van der Waals surface area contributed by atoms with Gasteiger partial charge >= 0.3 is 0 Å². The zero-order valence-electron chi connectivity index (χ0n) is 6.14. The highest BCUT2D eigenvalue weighted by molar-refractivity contribution is 7.10. The Morgan fingerprint density at radius 1 is 1.73 bits per heavy atom. The topological polar surface area (TPSA) is 12.0 Å². The fourth-order valence-electron chi connectivity index (χ4n) is 1.45. The SMILES string of the molecule is FCC1CNCc2ccsc21. The summed E-state index contributed by atoms with van der Waals surface area (Å²) in [5.74, 6) is 0.110. The molecule has 0 bridgehead atoms. The third-order valence-electron chi connectivity index (χ3n) is 2.04. The molecule has 0 saturated heterocycles. The van der Waals surface area contributed by atoms with E-state index in [1.807, 2.05) is 5.38 Å². The summed E-state index contributed by atoms with van der Waals surface area (Å²) >= 11 is 1.68. The van der Waals surface area contributed by atoms with E-state index < -0.39 is 0 Å². The molecule has 0 amide bonds. The first-order chi connectivity index (χ1) is 5.42. The van der Waals surface area contributed by atoms with E-state index in [2.05, 4.69) is 11.4 Å². The van der Waals surface area contributed by atoms with Gasteiger partial charge in [0, 0.05) is 23.9 Å². The molecule has 2 rings (SSSR count). The summed E-state index contributed by atoms with van der Waals surface area (Å²) in [6.07, 6.45) is 0. The summed E-state index contributed by atoms with van der Waals surface area (Å²) in [6.45, 7) is 1.47. The van der Waals surface area contributed by atoms with Crippen molar-refractivity contribution in [2.45, 2.75) is 12.5 Å². The average molecular weight is 171 g/mol. The van der Waals surface area contributed by atoms with E-state index in [0.717, 1.165) is 13.1 Å². The van der Waals surface area contributed by atoms with Crippen molar-refractivity contribution in [3.8, 4) is 0 Å². The minimum atomic E-state index is -0.236. The third-order valence-corrected chi connectivity index (χ3v) is 3.17. The molecule has 0 spiro atoms. The summed E-state index contributed by atoms with van der Waals surface area (Å²) in [5.41, 5.74) is 1.28. The Bertz CT molecular complexity index is 246. The van der Waals surface area contributed by atoms with E-state index in [-0.39, 0.29) is 12.6 Å². The molecule has 0 saturated carbocycles. The lowest BCUT2D eigenvalue weighted by atomic mass is 10.0. The molecule has 11 heavy (non-hydrogen) atoms. The zero-order valence-corrected chi connectivity index (χ0v) is 6.96. The minimum Gasteiger partial charge on any atom is -0.312 e. The van der Waals surface area contributed by atoms with Gasteiger partial charge in [-0.3, -0.25) is 4.39 Å². The molecule has 1 aromatic rings. The summed E-state index contributed by atoms with van der Waals surface area (Å²) in [6, 6.07) is 2.08. The predicted molar refractivity (Wildman–Crippen MR) is 44.7 cm³/mol. The fraction of sp³-hybridized carbons (Fsp3) is 0.500. The Labute approximate surface area is 69.2 Å². The van der Waals surface area contributed by atoms with Gasteiger partial charge in [0.1, 0.15) is 0 Å². The van der Waals surface area contributed by atoms with Gasteiger partial charge in [0.2, 0.25) is 0 Å². The van der Waals surface area contributed by atoms with Crippen LogP contribution in [0.1, 0.15) is 16.4 Å². The maximum Gasteiger partial charge on any atom is 0.0983 e. The first-order valence-corrected chi connectivity index (χ1v) is 4.62. The smallest absolute Gasteiger partial charge is 0.0983 e. The first-order valence-electron chi connectivity index (χ1n) is 3.74. The van der Waals surface area contributed by atoms with Crippen molar-refractivity contribution < 1.29 is 4.39 Å². The Balaban J connectivity index is 2.32. The highest BCUT2D eigenvalue weighted by atomic mass is 32.1. The minimum absolute atomic E-state index is 0.110. The molecule has 0 fully saturated rings. The molecule has 1 aliphatic heterocycles. The lowest BCUT2D eigenvalue weighted by Crippen LogP contribution is -2.27. The van der Waals surface area contributed by atoms with Gasteiger partial charge in [-0.2, -0.15) is 0 Å². The Hall–Kier alpha value is -0.410. The van der Waals surface area contributed by atoms with Crippen LogP contribution in [-0.2, 0) is 6.54 Å². The third kappa shape index (κ3) is 1.19. The number of hydrogen-bond donors (Lipinski definition) is 1. The number of nitrogens with one attached hydrogen (secondary N) is 1. The van der Waals surface area contributed by atoms with Gasteiger partial charge in [0.25, 0.3) is 0 Å². The van der Waals surface area contributed by atoms with Crippen LogP contribution in [0.2, 0.25) is 0 Å². The van der Waals surface area contributed by atoms with Crippen molar-refractivity contribution in [2.24, 2.45) is 0 Å².